The zero-order valence-corrected chi connectivity index (χ0v) is 22.8. The van der Waals surface area contributed by atoms with Crippen molar-refractivity contribution in [3.8, 4) is 0 Å². The lowest BCUT2D eigenvalue weighted by Crippen LogP contribution is -2.56. The molecule has 0 heterocycles. The maximum Gasteiger partial charge on any atom is 0.244 e. The molecule has 0 radical (unpaired) electrons. The summed E-state index contributed by atoms with van der Waals surface area (Å²) in [4.78, 5) is 28.3. The van der Waals surface area contributed by atoms with Gasteiger partial charge in [0.25, 0.3) is 0 Å². The lowest BCUT2D eigenvalue weighted by atomic mass is 10.1. The Morgan fingerprint density at radius 3 is 2.14 bits per heavy atom. The quantitative estimate of drug-likeness (QED) is 0.536. The standard InChI is InChI=1S/C27H39N3O4S/c1-8-24(26(32)28-27(4,5)6)29(17-16-22-12-10-9-11-13-22)25(31)19-30(35(7,33)34)23-15-14-20(2)21(3)18-23/h9-15,18,24H,8,16-17,19H2,1-7H3,(H,28,32)/t24-/m1/s1. The van der Waals surface area contributed by atoms with Crippen LogP contribution in [-0.2, 0) is 26.0 Å². The molecule has 0 aromatic heterocycles. The molecule has 0 aliphatic heterocycles. The van der Waals surface area contributed by atoms with E-state index in [2.05, 4.69) is 5.32 Å². The second-order valence-electron chi connectivity index (χ2n) is 10.0. The Bertz CT molecular complexity index is 1120. The van der Waals surface area contributed by atoms with Crippen LogP contribution in [0.3, 0.4) is 0 Å². The number of aryl methyl sites for hydroxylation is 2. The van der Waals surface area contributed by atoms with Crippen molar-refractivity contribution in [3.05, 3.63) is 65.2 Å². The molecule has 2 rings (SSSR count). The van der Waals surface area contributed by atoms with Gasteiger partial charge < -0.3 is 10.2 Å². The predicted molar refractivity (Wildman–Crippen MR) is 142 cm³/mol. The molecule has 0 unspecified atom stereocenters. The predicted octanol–water partition coefficient (Wildman–Crippen LogP) is 3.83. The van der Waals surface area contributed by atoms with Gasteiger partial charge in [-0.3, -0.25) is 13.9 Å². The first-order chi connectivity index (χ1) is 16.2. The van der Waals surface area contributed by atoms with Crippen molar-refractivity contribution in [2.24, 2.45) is 0 Å². The van der Waals surface area contributed by atoms with Gasteiger partial charge >= 0.3 is 0 Å². The SMILES string of the molecule is CC[C@H](C(=O)NC(C)(C)C)N(CCc1ccccc1)C(=O)CN(c1ccc(C)c(C)c1)S(C)(=O)=O. The minimum Gasteiger partial charge on any atom is -0.350 e. The molecule has 0 fully saturated rings. The molecule has 0 spiro atoms. The van der Waals surface area contributed by atoms with E-state index in [0.717, 1.165) is 27.3 Å². The monoisotopic (exact) mass is 501 g/mol. The second-order valence-corrected chi connectivity index (χ2v) is 11.9. The van der Waals surface area contributed by atoms with Crippen LogP contribution in [0.4, 0.5) is 5.69 Å². The number of hydrogen-bond donors (Lipinski definition) is 1. The van der Waals surface area contributed by atoms with Crippen molar-refractivity contribution in [1.82, 2.24) is 10.2 Å². The first-order valence-electron chi connectivity index (χ1n) is 11.9. The number of nitrogens with one attached hydrogen (secondary N) is 1. The molecule has 35 heavy (non-hydrogen) atoms. The van der Waals surface area contributed by atoms with Crippen molar-refractivity contribution in [2.75, 3.05) is 23.7 Å². The first-order valence-corrected chi connectivity index (χ1v) is 13.8. The number of hydrogen-bond acceptors (Lipinski definition) is 4. The summed E-state index contributed by atoms with van der Waals surface area (Å²) in [7, 11) is -3.74. The third-order valence-electron chi connectivity index (χ3n) is 5.83. The Labute approximate surface area is 210 Å². The van der Waals surface area contributed by atoms with Crippen molar-refractivity contribution >= 4 is 27.5 Å². The Kier molecular flexibility index (Phi) is 9.49. The fraction of sp³-hybridized carbons (Fsp3) is 0.481. The number of anilines is 1. The third kappa shape index (κ3) is 8.38. The molecule has 2 aromatic rings. The summed E-state index contributed by atoms with van der Waals surface area (Å²) in [6.45, 7) is 11.3. The van der Waals surface area contributed by atoms with Crippen LogP contribution in [0.5, 0.6) is 0 Å². The van der Waals surface area contributed by atoms with E-state index in [1.54, 1.807) is 12.1 Å². The Morgan fingerprint density at radius 2 is 1.63 bits per heavy atom. The number of benzene rings is 2. The van der Waals surface area contributed by atoms with Crippen LogP contribution >= 0.6 is 0 Å². The molecule has 192 valence electrons. The molecule has 1 atom stereocenters. The summed E-state index contributed by atoms with van der Waals surface area (Å²) >= 11 is 0. The van der Waals surface area contributed by atoms with Crippen LogP contribution in [0, 0.1) is 13.8 Å². The number of nitrogens with zero attached hydrogens (tertiary/aromatic N) is 2. The molecule has 7 nitrogen and oxygen atoms in total. The van der Waals surface area contributed by atoms with Crippen molar-refractivity contribution in [2.45, 2.75) is 66.0 Å². The number of amides is 2. The number of sulfonamides is 1. The van der Waals surface area contributed by atoms with Crippen molar-refractivity contribution in [3.63, 3.8) is 0 Å². The largest absolute Gasteiger partial charge is 0.350 e. The normalized spacial score (nSPS) is 12.7. The van der Waals surface area contributed by atoms with Crippen LogP contribution in [0.1, 0.15) is 50.8 Å². The zero-order chi connectivity index (χ0) is 26.4. The summed E-state index contributed by atoms with van der Waals surface area (Å²) in [6.07, 6.45) is 2.05. The van der Waals surface area contributed by atoms with E-state index in [0.29, 0.717) is 25.1 Å². The van der Waals surface area contributed by atoms with E-state index in [4.69, 9.17) is 0 Å². The van der Waals surface area contributed by atoms with Gasteiger partial charge in [-0.05, 0) is 76.3 Å². The van der Waals surface area contributed by atoms with Gasteiger partial charge in [0.1, 0.15) is 12.6 Å². The number of rotatable bonds is 10. The highest BCUT2D eigenvalue weighted by molar-refractivity contribution is 7.92. The van der Waals surface area contributed by atoms with E-state index in [1.807, 2.05) is 77.9 Å². The average Bonchev–Trinajstić information content (AvgIpc) is 2.75. The molecule has 0 saturated heterocycles. The molecule has 0 saturated carbocycles. The van der Waals surface area contributed by atoms with Crippen LogP contribution in [0.15, 0.2) is 48.5 Å². The van der Waals surface area contributed by atoms with Gasteiger partial charge in [0.2, 0.25) is 21.8 Å². The number of carbonyl (C=O) groups is 2. The summed E-state index contributed by atoms with van der Waals surface area (Å²) in [5.41, 5.74) is 2.96. The van der Waals surface area contributed by atoms with Crippen molar-refractivity contribution in [1.29, 1.82) is 0 Å². The topological polar surface area (TPSA) is 86.8 Å². The molecule has 1 N–H and O–H groups in total. The summed E-state index contributed by atoms with van der Waals surface area (Å²) in [5.74, 6) is -0.668. The van der Waals surface area contributed by atoms with E-state index in [-0.39, 0.29) is 12.5 Å². The summed E-state index contributed by atoms with van der Waals surface area (Å²) in [6, 6.07) is 14.3. The lowest BCUT2D eigenvalue weighted by molar-refractivity contribution is -0.140. The van der Waals surface area contributed by atoms with Crippen LogP contribution in [0.2, 0.25) is 0 Å². The van der Waals surface area contributed by atoms with E-state index >= 15 is 0 Å². The van der Waals surface area contributed by atoms with Gasteiger partial charge in [0.05, 0.1) is 11.9 Å². The van der Waals surface area contributed by atoms with Crippen LogP contribution in [0.25, 0.3) is 0 Å². The van der Waals surface area contributed by atoms with Crippen molar-refractivity contribution < 1.29 is 18.0 Å². The van der Waals surface area contributed by atoms with Gasteiger partial charge in [0.15, 0.2) is 0 Å². The maximum atomic E-state index is 13.7. The van der Waals surface area contributed by atoms with E-state index in [1.165, 1.54) is 4.90 Å². The number of carbonyl (C=O) groups excluding carboxylic acids is 2. The fourth-order valence-corrected chi connectivity index (χ4v) is 4.68. The molecular formula is C27H39N3O4S. The zero-order valence-electron chi connectivity index (χ0n) is 22.0. The first kappa shape index (κ1) is 28.4. The highest BCUT2D eigenvalue weighted by atomic mass is 32.2. The second kappa shape index (κ2) is 11.7. The Balaban J connectivity index is 2.40. The van der Waals surface area contributed by atoms with Gasteiger partial charge in [-0.25, -0.2) is 8.42 Å². The fourth-order valence-electron chi connectivity index (χ4n) is 3.84. The lowest BCUT2D eigenvalue weighted by Gasteiger charge is -2.34. The molecular weight excluding hydrogens is 462 g/mol. The van der Waals surface area contributed by atoms with Gasteiger partial charge in [-0.2, -0.15) is 0 Å². The molecule has 0 aliphatic rings. The smallest absolute Gasteiger partial charge is 0.244 e. The molecule has 0 aliphatic carbocycles. The van der Waals surface area contributed by atoms with Crippen LogP contribution in [-0.4, -0.2) is 56.1 Å². The minimum absolute atomic E-state index is 0.251. The maximum absolute atomic E-state index is 13.7. The van der Waals surface area contributed by atoms with Gasteiger partial charge in [-0.1, -0.05) is 43.3 Å². The van der Waals surface area contributed by atoms with E-state index < -0.39 is 27.5 Å². The Hall–Kier alpha value is -2.87. The molecule has 2 amide bonds. The molecule has 8 heteroatoms. The summed E-state index contributed by atoms with van der Waals surface area (Å²) in [5, 5.41) is 2.97. The highest BCUT2D eigenvalue weighted by Crippen LogP contribution is 2.22. The Morgan fingerprint density at radius 1 is 1.00 bits per heavy atom. The summed E-state index contributed by atoms with van der Waals surface area (Å²) < 4.78 is 26.5. The van der Waals surface area contributed by atoms with Gasteiger partial charge in [0, 0.05) is 12.1 Å². The molecule has 2 aromatic carbocycles. The molecule has 0 bridgehead atoms. The third-order valence-corrected chi connectivity index (χ3v) is 6.97. The van der Waals surface area contributed by atoms with E-state index in [9.17, 15) is 18.0 Å². The highest BCUT2D eigenvalue weighted by Gasteiger charge is 2.32. The van der Waals surface area contributed by atoms with Gasteiger partial charge in [-0.15, -0.1) is 0 Å². The minimum atomic E-state index is -3.74. The average molecular weight is 502 g/mol. The van der Waals surface area contributed by atoms with Crippen LogP contribution < -0.4 is 9.62 Å².